The fourth-order valence-electron chi connectivity index (χ4n) is 3.51. The lowest BCUT2D eigenvalue weighted by atomic mass is 9.85. The number of nitrogens with zero attached hydrogens (tertiary/aromatic N) is 1. The molecule has 1 aliphatic rings. The lowest BCUT2D eigenvalue weighted by Gasteiger charge is -2.35. The van der Waals surface area contributed by atoms with Crippen molar-refractivity contribution in [3.8, 4) is 0 Å². The predicted molar refractivity (Wildman–Crippen MR) is 94.5 cm³/mol. The van der Waals surface area contributed by atoms with E-state index in [2.05, 4.69) is 52.0 Å². The van der Waals surface area contributed by atoms with Crippen LogP contribution < -0.4 is 0 Å². The Morgan fingerprint density at radius 2 is 1.78 bits per heavy atom. The molecule has 3 nitrogen and oxygen atoms in total. The third-order valence-electron chi connectivity index (χ3n) is 4.98. The first-order chi connectivity index (χ1) is 10.9. The average Bonchev–Trinajstić information content (AvgIpc) is 2.55. The Morgan fingerprint density at radius 3 is 2.30 bits per heavy atom. The summed E-state index contributed by atoms with van der Waals surface area (Å²) in [5.74, 6) is 1.14. The van der Waals surface area contributed by atoms with Crippen LogP contribution in [0, 0.1) is 11.8 Å². The van der Waals surface area contributed by atoms with Crippen molar-refractivity contribution in [2.24, 2.45) is 11.8 Å². The van der Waals surface area contributed by atoms with Crippen LogP contribution in [0.4, 0.5) is 0 Å². The third kappa shape index (κ3) is 4.35. The number of carbonyl (C=O) groups is 1. The molecule has 1 amide bonds. The summed E-state index contributed by atoms with van der Waals surface area (Å²) in [7, 11) is 0. The van der Waals surface area contributed by atoms with Gasteiger partial charge >= 0.3 is 0 Å². The number of benzene rings is 1. The molecule has 128 valence electrons. The molecule has 0 spiro atoms. The van der Waals surface area contributed by atoms with Crippen LogP contribution in [-0.2, 0) is 4.79 Å². The Hall–Kier alpha value is -1.35. The van der Waals surface area contributed by atoms with Crippen molar-refractivity contribution in [1.29, 1.82) is 0 Å². The minimum absolute atomic E-state index is 0.0892. The highest BCUT2D eigenvalue weighted by Gasteiger charge is 2.31. The van der Waals surface area contributed by atoms with Crippen molar-refractivity contribution < 1.29 is 9.90 Å². The number of hydrogen-bond donors (Lipinski definition) is 1. The first-order valence-electron chi connectivity index (χ1n) is 8.93. The van der Waals surface area contributed by atoms with E-state index in [-0.39, 0.29) is 30.3 Å². The number of carbonyl (C=O) groups excluding carboxylic acids is 1. The summed E-state index contributed by atoms with van der Waals surface area (Å²) in [4.78, 5) is 15.0. The average molecular weight is 317 g/mol. The molecule has 2 atom stereocenters. The maximum absolute atomic E-state index is 13.1. The summed E-state index contributed by atoms with van der Waals surface area (Å²) in [5.41, 5.74) is 2.42. The summed E-state index contributed by atoms with van der Waals surface area (Å²) in [6.45, 7) is 10.3. The van der Waals surface area contributed by atoms with Gasteiger partial charge in [0, 0.05) is 19.7 Å². The Balaban J connectivity index is 2.18. The van der Waals surface area contributed by atoms with Crippen molar-refractivity contribution in [2.45, 2.75) is 52.4 Å². The molecule has 0 radical (unpaired) electrons. The van der Waals surface area contributed by atoms with E-state index in [9.17, 15) is 9.90 Å². The standard InChI is InChI=1S/C20H31NO2/c1-14(2)17-7-9-18(10-8-17)19(15(3)4)20(23)21-11-5-6-16(12-21)13-22/h7-10,14-16,19,22H,5-6,11-13H2,1-4H3. The van der Waals surface area contributed by atoms with Gasteiger partial charge in [-0.1, -0.05) is 52.0 Å². The van der Waals surface area contributed by atoms with Gasteiger partial charge in [-0.15, -0.1) is 0 Å². The Kier molecular flexibility index (Phi) is 6.23. The number of aliphatic hydroxyl groups excluding tert-OH is 1. The molecule has 0 saturated carbocycles. The molecular formula is C20H31NO2. The molecule has 1 aromatic rings. The zero-order valence-electron chi connectivity index (χ0n) is 15.0. The quantitative estimate of drug-likeness (QED) is 0.898. The number of piperidine rings is 1. The van der Waals surface area contributed by atoms with Crippen LogP contribution >= 0.6 is 0 Å². The molecule has 23 heavy (non-hydrogen) atoms. The largest absolute Gasteiger partial charge is 0.396 e. The van der Waals surface area contributed by atoms with Crippen molar-refractivity contribution in [3.63, 3.8) is 0 Å². The van der Waals surface area contributed by atoms with Crippen molar-refractivity contribution in [2.75, 3.05) is 19.7 Å². The Labute approximate surface area is 140 Å². The van der Waals surface area contributed by atoms with E-state index < -0.39 is 0 Å². The normalized spacial score (nSPS) is 20.1. The second-order valence-corrected chi connectivity index (χ2v) is 7.52. The van der Waals surface area contributed by atoms with E-state index in [4.69, 9.17) is 0 Å². The van der Waals surface area contributed by atoms with E-state index >= 15 is 0 Å². The third-order valence-corrected chi connectivity index (χ3v) is 4.98. The van der Waals surface area contributed by atoms with E-state index in [0.29, 0.717) is 12.5 Å². The molecule has 1 aliphatic heterocycles. The maximum Gasteiger partial charge on any atom is 0.230 e. The molecule has 1 heterocycles. The Morgan fingerprint density at radius 1 is 1.17 bits per heavy atom. The summed E-state index contributed by atoms with van der Waals surface area (Å²) in [6.07, 6.45) is 2.02. The molecular weight excluding hydrogens is 286 g/mol. The van der Waals surface area contributed by atoms with Crippen LogP contribution in [0.2, 0.25) is 0 Å². The molecule has 0 bridgehead atoms. The van der Waals surface area contributed by atoms with Crippen LogP contribution in [0.1, 0.15) is 63.5 Å². The van der Waals surface area contributed by atoms with Crippen molar-refractivity contribution in [3.05, 3.63) is 35.4 Å². The van der Waals surface area contributed by atoms with Gasteiger partial charge in [-0.25, -0.2) is 0 Å². The van der Waals surface area contributed by atoms with E-state index in [0.717, 1.165) is 24.9 Å². The van der Waals surface area contributed by atoms with E-state index in [1.54, 1.807) is 0 Å². The second kappa shape index (κ2) is 7.96. The van der Waals surface area contributed by atoms with Crippen LogP contribution in [0.25, 0.3) is 0 Å². The van der Waals surface area contributed by atoms with Crippen LogP contribution in [0.15, 0.2) is 24.3 Å². The highest BCUT2D eigenvalue weighted by Crippen LogP contribution is 2.30. The first kappa shape index (κ1) is 18.0. The lowest BCUT2D eigenvalue weighted by molar-refractivity contribution is -0.136. The molecule has 1 saturated heterocycles. The zero-order chi connectivity index (χ0) is 17.0. The van der Waals surface area contributed by atoms with Gasteiger partial charge in [0.15, 0.2) is 0 Å². The molecule has 1 N–H and O–H groups in total. The fraction of sp³-hybridized carbons (Fsp3) is 0.650. The number of hydrogen-bond acceptors (Lipinski definition) is 2. The summed E-state index contributed by atoms with van der Waals surface area (Å²) in [5, 5.41) is 9.40. The SMILES string of the molecule is CC(C)c1ccc(C(C(=O)N2CCCC(CO)C2)C(C)C)cc1. The molecule has 0 aliphatic carbocycles. The number of aliphatic hydroxyl groups is 1. The molecule has 2 rings (SSSR count). The second-order valence-electron chi connectivity index (χ2n) is 7.52. The number of likely N-dealkylation sites (tertiary alicyclic amines) is 1. The van der Waals surface area contributed by atoms with Crippen LogP contribution in [0.5, 0.6) is 0 Å². The Bertz CT molecular complexity index is 507. The topological polar surface area (TPSA) is 40.5 Å². The molecule has 1 aromatic carbocycles. The van der Waals surface area contributed by atoms with Gasteiger partial charge in [-0.05, 0) is 41.7 Å². The minimum Gasteiger partial charge on any atom is -0.396 e. The molecule has 0 aromatic heterocycles. The minimum atomic E-state index is -0.0892. The van der Waals surface area contributed by atoms with E-state index in [1.807, 2.05) is 4.90 Å². The van der Waals surface area contributed by atoms with Crippen molar-refractivity contribution >= 4 is 5.91 Å². The van der Waals surface area contributed by atoms with E-state index in [1.165, 1.54) is 5.56 Å². The van der Waals surface area contributed by atoms with Gasteiger partial charge in [0.1, 0.15) is 0 Å². The number of rotatable bonds is 5. The van der Waals surface area contributed by atoms with Gasteiger partial charge < -0.3 is 10.0 Å². The maximum atomic E-state index is 13.1. The van der Waals surface area contributed by atoms with Gasteiger partial charge in [0.05, 0.1) is 5.92 Å². The summed E-state index contributed by atoms with van der Waals surface area (Å²) in [6, 6.07) is 8.53. The van der Waals surface area contributed by atoms with Gasteiger partial charge in [0.25, 0.3) is 0 Å². The predicted octanol–water partition coefficient (Wildman–Crippen LogP) is 3.78. The highest BCUT2D eigenvalue weighted by molar-refractivity contribution is 5.84. The van der Waals surface area contributed by atoms with Crippen LogP contribution in [-0.4, -0.2) is 35.6 Å². The molecule has 3 heteroatoms. The van der Waals surface area contributed by atoms with Gasteiger partial charge in [0.2, 0.25) is 5.91 Å². The summed E-state index contributed by atoms with van der Waals surface area (Å²) >= 11 is 0. The zero-order valence-corrected chi connectivity index (χ0v) is 15.0. The lowest BCUT2D eigenvalue weighted by Crippen LogP contribution is -2.44. The summed E-state index contributed by atoms with van der Waals surface area (Å²) < 4.78 is 0. The smallest absolute Gasteiger partial charge is 0.230 e. The fourth-order valence-corrected chi connectivity index (χ4v) is 3.51. The van der Waals surface area contributed by atoms with Gasteiger partial charge in [-0.3, -0.25) is 4.79 Å². The number of amides is 1. The molecule has 1 fully saturated rings. The van der Waals surface area contributed by atoms with Crippen LogP contribution in [0.3, 0.4) is 0 Å². The monoisotopic (exact) mass is 317 g/mol. The van der Waals surface area contributed by atoms with Crippen molar-refractivity contribution in [1.82, 2.24) is 4.90 Å². The first-order valence-corrected chi connectivity index (χ1v) is 8.93. The van der Waals surface area contributed by atoms with Gasteiger partial charge in [-0.2, -0.15) is 0 Å². The molecule has 2 unspecified atom stereocenters. The highest BCUT2D eigenvalue weighted by atomic mass is 16.3.